The van der Waals surface area contributed by atoms with E-state index in [9.17, 15) is 18.0 Å². The molecule has 0 aliphatic carbocycles. The molecule has 0 radical (unpaired) electrons. The molecule has 0 saturated carbocycles. The van der Waals surface area contributed by atoms with Crippen molar-refractivity contribution in [2.75, 3.05) is 11.4 Å². The van der Waals surface area contributed by atoms with Gasteiger partial charge in [-0.15, -0.1) is 0 Å². The first-order valence-electron chi connectivity index (χ1n) is 7.90. The van der Waals surface area contributed by atoms with Crippen molar-refractivity contribution in [1.29, 1.82) is 0 Å². The van der Waals surface area contributed by atoms with E-state index in [1.165, 1.54) is 17.0 Å². The Labute approximate surface area is 148 Å². The Morgan fingerprint density at radius 3 is 2.42 bits per heavy atom. The van der Waals surface area contributed by atoms with E-state index in [1.54, 1.807) is 12.3 Å². The normalized spacial score (nSPS) is 11.5. The fourth-order valence-corrected chi connectivity index (χ4v) is 2.62. The molecule has 1 heterocycles. The summed E-state index contributed by atoms with van der Waals surface area (Å²) >= 11 is 0. The SMILES string of the molecule is NCC(=O)N(Cc1ccc(C(F)(F)F)cc1)c1cnc2ccccc2c1. The number of nitrogens with zero attached hydrogens (tertiary/aromatic N) is 2. The summed E-state index contributed by atoms with van der Waals surface area (Å²) in [5, 5.41) is 0.854. The van der Waals surface area contributed by atoms with Crippen molar-refractivity contribution >= 4 is 22.5 Å². The number of nitrogens with two attached hydrogens (primary N) is 1. The number of carbonyl (C=O) groups excluding carboxylic acids is 1. The van der Waals surface area contributed by atoms with Gasteiger partial charge < -0.3 is 10.6 Å². The third kappa shape index (κ3) is 3.83. The van der Waals surface area contributed by atoms with Crippen LogP contribution in [0.5, 0.6) is 0 Å². The van der Waals surface area contributed by atoms with Gasteiger partial charge in [0.15, 0.2) is 0 Å². The van der Waals surface area contributed by atoms with E-state index in [1.807, 2.05) is 24.3 Å². The van der Waals surface area contributed by atoms with Crippen LogP contribution in [0.1, 0.15) is 11.1 Å². The van der Waals surface area contributed by atoms with Crippen LogP contribution in [-0.2, 0) is 17.5 Å². The molecule has 0 aliphatic rings. The van der Waals surface area contributed by atoms with Gasteiger partial charge in [0, 0.05) is 5.39 Å². The van der Waals surface area contributed by atoms with Gasteiger partial charge in [0.1, 0.15) is 0 Å². The van der Waals surface area contributed by atoms with E-state index < -0.39 is 11.7 Å². The highest BCUT2D eigenvalue weighted by molar-refractivity contribution is 5.96. The molecule has 3 rings (SSSR count). The number of hydrogen-bond acceptors (Lipinski definition) is 3. The number of halogens is 3. The topological polar surface area (TPSA) is 59.2 Å². The third-order valence-electron chi connectivity index (χ3n) is 3.99. The minimum Gasteiger partial charge on any atom is -0.322 e. The number of rotatable bonds is 4. The lowest BCUT2D eigenvalue weighted by Gasteiger charge is -2.22. The van der Waals surface area contributed by atoms with Gasteiger partial charge in [0.25, 0.3) is 0 Å². The lowest BCUT2D eigenvalue weighted by Crippen LogP contribution is -2.35. The molecule has 1 amide bonds. The molecule has 4 nitrogen and oxygen atoms in total. The number of para-hydroxylation sites is 1. The van der Waals surface area contributed by atoms with Crippen LogP contribution in [0, 0.1) is 0 Å². The summed E-state index contributed by atoms with van der Waals surface area (Å²) in [6.07, 6.45) is -2.84. The van der Waals surface area contributed by atoms with Crippen molar-refractivity contribution in [3.05, 3.63) is 71.9 Å². The maximum Gasteiger partial charge on any atom is 0.416 e. The molecule has 0 saturated heterocycles. The van der Waals surface area contributed by atoms with Gasteiger partial charge in [-0.25, -0.2) is 0 Å². The zero-order valence-corrected chi connectivity index (χ0v) is 13.7. The summed E-state index contributed by atoms with van der Waals surface area (Å²) in [6.45, 7) is -0.109. The van der Waals surface area contributed by atoms with Gasteiger partial charge >= 0.3 is 6.18 Å². The molecule has 0 atom stereocenters. The second-order valence-corrected chi connectivity index (χ2v) is 5.76. The molecule has 0 unspecified atom stereocenters. The van der Waals surface area contributed by atoms with Gasteiger partial charge in [0.2, 0.25) is 5.91 Å². The van der Waals surface area contributed by atoms with E-state index in [0.29, 0.717) is 11.3 Å². The van der Waals surface area contributed by atoms with Gasteiger partial charge in [-0.1, -0.05) is 30.3 Å². The Kier molecular flexibility index (Phi) is 4.90. The van der Waals surface area contributed by atoms with Crippen LogP contribution < -0.4 is 10.6 Å². The minimum absolute atomic E-state index is 0.105. The fourth-order valence-electron chi connectivity index (χ4n) is 2.62. The highest BCUT2D eigenvalue weighted by atomic mass is 19.4. The van der Waals surface area contributed by atoms with Crippen LogP contribution in [0.4, 0.5) is 18.9 Å². The van der Waals surface area contributed by atoms with Crippen molar-refractivity contribution in [3.63, 3.8) is 0 Å². The van der Waals surface area contributed by atoms with Crippen molar-refractivity contribution in [2.24, 2.45) is 5.73 Å². The van der Waals surface area contributed by atoms with E-state index in [4.69, 9.17) is 5.73 Å². The molecule has 0 fully saturated rings. The second-order valence-electron chi connectivity index (χ2n) is 5.76. The molecular weight excluding hydrogens is 343 g/mol. The van der Waals surface area contributed by atoms with Gasteiger partial charge in [0.05, 0.1) is 36.1 Å². The van der Waals surface area contributed by atoms with E-state index in [2.05, 4.69) is 4.98 Å². The average Bonchev–Trinajstić information content (AvgIpc) is 2.65. The van der Waals surface area contributed by atoms with E-state index in [-0.39, 0.29) is 19.0 Å². The van der Waals surface area contributed by atoms with Crippen LogP contribution in [-0.4, -0.2) is 17.4 Å². The van der Waals surface area contributed by atoms with Gasteiger partial charge in [-0.2, -0.15) is 13.2 Å². The summed E-state index contributed by atoms with van der Waals surface area (Å²) in [5.74, 6) is -0.345. The van der Waals surface area contributed by atoms with Crippen LogP contribution in [0.2, 0.25) is 0 Å². The molecular formula is C19H16F3N3O. The molecule has 26 heavy (non-hydrogen) atoms. The highest BCUT2D eigenvalue weighted by Crippen LogP contribution is 2.29. The van der Waals surface area contributed by atoms with Gasteiger partial charge in [-0.3, -0.25) is 9.78 Å². The monoisotopic (exact) mass is 359 g/mol. The first kappa shape index (κ1) is 17.9. The van der Waals surface area contributed by atoms with Crippen LogP contribution >= 0.6 is 0 Å². The van der Waals surface area contributed by atoms with Crippen LogP contribution in [0.25, 0.3) is 10.9 Å². The molecule has 0 aliphatic heterocycles. The zero-order valence-electron chi connectivity index (χ0n) is 13.7. The first-order chi connectivity index (χ1) is 12.4. The van der Waals surface area contributed by atoms with Crippen LogP contribution in [0.15, 0.2) is 60.8 Å². The van der Waals surface area contributed by atoms with Crippen LogP contribution in [0.3, 0.4) is 0 Å². The van der Waals surface area contributed by atoms with E-state index in [0.717, 1.165) is 23.0 Å². The van der Waals surface area contributed by atoms with E-state index >= 15 is 0 Å². The van der Waals surface area contributed by atoms with Gasteiger partial charge in [-0.05, 0) is 29.8 Å². The standard InChI is InChI=1S/C19H16F3N3O/c20-19(21,22)15-7-5-13(6-8-15)12-25(18(26)10-23)16-9-14-3-1-2-4-17(14)24-11-16/h1-9,11H,10,12,23H2. The number of benzene rings is 2. The van der Waals surface area contributed by atoms with Crippen molar-refractivity contribution < 1.29 is 18.0 Å². The molecule has 0 spiro atoms. The quantitative estimate of drug-likeness (QED) is 0.772. The molecule has 3 aromatic rings. The van der Waals surface area contributed by atoms with Crippen molar-refractivity contribution in [3.8, 4) is 0 Å². The second kappa shape index (κ2) is 7.13. The minimum atomic E-state index is -4.40. The highest BCUT2D eigenvalue weighted by Gasteiger charge is 2.30. The number of hydrogen-bond donors (Lipinski definition) is 1. The Morgan fingerprint density at radius 2 is 1.77 bits per heavy atom. The molecule has 2 N–H and O–H groups in total. The summed E-state index contributed by atoms with van der Waals surface area (Å²) in [6, 6.07) is 14.0. The number of pyridine rings is 1. The Bertz CT molecular complexity index is 923. The Morgan fingerprint density at radius 1 is 1.08 bits per heavy atom. The number of anilines is 1. The summed E-state index contributed by atoms with van der Waals surface area (Å²) < 4.78 is 38.1. The fraction of sp³-hybridized carbons (Fsp3) is 0.158. The predicted octanol–water partition coefficient (Wildman–Crippen LogP) is 3.75. The summed E-state index contributed by atoms with van der Waals surface area (Å²) in [5.41, 5.74) is 6.65. The summed E-state index contributed by atoms with van der Waals surface area (Å²) in [7, 11) is 0. The molecule has 7 heteroatoms. The zero-order chi connectivity index (χ0) is 18.7. The number of amides is 1. The maximum atomic E-state index is 12.7. The summed E-state index contributed by atoms with van der Waals surface area (Å²) in [4.78, 5) is 18.0. The number of aromatic nitrogens is 1. The predicted molar refractivity (Wildman–Crippen MR) is 93.4 cm³/mol. The number of fused-ring (bicyclic) bond motifs is 1. The lowest BCUT2D eigenvalue weighted by molar-refractivity contribution is -0.137. The Balaban J connectivity index is 1.91. The maximum absolute atomic E-state index is 12.7. The molecule has 0 bridgehead atoms. The largest absolute Gasteiger partial charge is 0.416 e. The smallest absolute Gasteiger partial charge is 0.322 e. The lowest BCUT2D eigenvalue weighted by atomic mass is 10.1. The first-order valence-corrected chi connectivity index (χ1v) is 7.90. The Hall–Kier alpha value is -2.93. The third-order valence-corrected chi connectivity index (χ3v) is 3.99. The number of carbonyl (C=O) groups is 1. The molecule has 2 aromatic carbocycles. The van der Waals surface area contributed by atoms with Crippen molar-refractivity contribution in [1.82, 2.24) is 4.98 Å². The number of alkyl halides is 3. The average molecular weight is 359 g/mol. The molecule has 1 aromatic heterocycles. The molecule has 134 valence electrons. The van der Waals surface area contributed by atoms with Crippen molar-refractivity contribution in [2.45, 2.75) is 12.7 Å².